The number of rotatable bonds is 9. The van der Waals surface area contributed by atoms with Gasteiger partial charge in [0.25, 0.3) is 0 Å². The van der Waals surface area contributed by atoms with Gasteiger partial charge in [0, 0.05) is 25.7 Å². The van der Waals surface area contributed by atoms with E-state index in [1.807, 2.05) is 29.2 Å². The number of benzene rings is 4. The third-order valence-corrected chi connectivity index (χ3v) is 7.67. The number of hydrogen-bond acceptors (Lipinski definition) is 3. The van der Waals surface area contributed by atoms with Crippen molar-refractivity contribution in [2.45, 2.75) is 25.9 Å². The van der Waals surface area contributed by atoms with Crippen molar-refractivity contribution in [1.29, 1.82) is 0 Å². The zero-order chi connectivity index (χ0) is 27.0. The normalized spacial score (nSPS) is 13.5. The highest BCUT2D eigenvalue weighted by molar-refractivity contribution is 5.80. The quantitative estimate of drug-likeness (QED) is 0.246. The maximum atomic E-state index is 13.7. The Labute approximate surface area is 232 Å². The molecule has 0 bridgehead atoms. The summed E-state index contributed by atoms with van der Waals surface area (Å²) in [5.41, 5.74) is 7.26. The lowest BCUT2D eigenvalue weighted by Crippen LogP contribution is -2.43. The minimum atomic E-state index is 0.0426. The Morgan fingerprint density at radius 3 is 2.05 bits per heavy atom. The number of nitrogens with zero attached hydrogens (tertiary/aromatic N) is 2. The highest BCUT2D eigenvalue weighted by atomic mass is 16.5. The predicted octanol–water partition coefficient (Wildman–Crippen LogP) is 6.78. The minimum absolute atomic E-state index is 0.0426. The van der Waals surface area contributed by atoms with E-state index < -0.39 is 0 Å². The Bertz CT molecular complexity index is 1360. The van der Waals surface area contributed by atoms with E-state index in [2.05, 4.69) is 103 Å². The molecule has 1 aliphatic heterocycles. The van der Waals surface area contributed by atoms with Crippen LogP contribution in [0.2, 0.25) is 0 Å². The molecule has 1 atom stereocenters. The van der Waals surface area contributed by atoms with Crippen molar-refractivity contribution >= 4 is 11.5 Å². The second kappa shape index (κ2) is 12.6. The van der Waals surface area contributed by atoms with Gasteiger partial charge in [-0.1, -0.05) is 103 Å². The molecule has 4 heteroatoms. The molecule has 5 rings (SSSR count). The number of amides is 1. The third kappa shape index (κ3) is 6.47. The summed E-state index contributed by atoms with van der Waals surface area (Å²) in [7, 11) is 1.68. The number of carbonyl (C=O) groups excluding carboxylic acids is 1. The van der Waals surface area contributed by atoms with Crippen LogP contribution < -0.4 is 4.74 Å². The SMILES string of the molecule is COc1ccc([C@@H](C)N(CC=C(c2ccccc2)c2ccccc2)CC(=O)N2CCc3ccccc3C2)cc1. The van der Waals surface area contributed by atoms with Gasteiger partial charge in [0.15, 0.2) is 0 Å². The van der Waals surface area contributed by atoms with Gasteiger partial charge in [0.2, 0.25) is 5.91 Å². The molecule has 0 fully saturated rings. The summed E-state index contributed by atoms with van der Waals surface area (Å²) in [6.45, 7) is 4.61. The van der Waals surface area contributed by atoms with Gasteiger partial charge in [0.05, 0.1) is 13.7 Å². The molecule has 0 radical (unpaired) electrons. The molecule has 1 amide bonds. The lowest BCUT2D eigenvalue weighted by atomic mass is 9.97. The van der Waals surface area contributed by atoms with E-state index in [0.29, 0.717) is 19.6 Å². The van der Waals surface area contributed by atoms with Crippen molar-refractivity contribution < 1.29 is 9.53 Å². The predicted molar refractivity (Wildman–Crippen MR) is 159 cm³/mol. The maximum absolute atomic E-state index is 13.7. The molecule has 0 saturated heterocycles. The molecule has 0 N–H and O–H groups in total. The monoisotopic (exact) mass is 516 g/mol. The van der Waals surface area contributed by atoms with Gasteiger partial charge in [0.1, 0.15) is 5.75 Å². The van der Waals surface area contributed by atoms with E-state index >= 15 is 0 Å². The Morgan fingerprint density at radius 2 is 1.44 bits per heavy atom. The average Bonchev–Trinajstić information content (AvgIpc) is 3.01. The van der Waals surface area contributed by atoms with Crippen LogP contribution in [0.3, 0.4) is 0 Å². The molecule has 39 heavy (non-hydrogen) atoms. The highest BCUT2D eigenvalue weighted by Crippen LogP contribution is 2.27. The average molecular weight is 517 g/mol. The summed E-state index contributed by atoms with van der Waals surface area (Å²) in [5, 5.41) is 0. The molecule has 1 aliphatic rings. The van der Waals surface area contributed by atoms with Gasteiger partial charge in [-0.2, -0.15) is 0 Å². The zero-order valence-corrected chi connectivity index (χ0v) is 22.8. The van der Waals surface area contributed by atoms with Gasteiger partial charge < -0.3 is 9.64 Å². The number of carbonyl (C=O) groups is 1. The van der Waals surface area contributed by atoms with E-state index in [9.17, 15) is 4.79 Å². The first-order chi connectivity index (χ1) is 19.1. The molecule has 4 nitrogen and oxygen atoms in total. The smallest absolute Gasteiger partial charge is 0.237 e. The Hall–Kier alpha value is -4.15. The van der Waals surface area contributed by atoms with Crippen LogP contribution in [0.4, 0.5) is 0 Å². The molecule has 0 aromatic heterocycles. The number of fused-ring (bicyclic) bond motifs is 1. The molecule has 198 valence electrons. The van der Waals surface area contributed by atoms with Gasteiger partial charge in [-0.25, -0.2) is 0 Å². The van der Waals surface area contributed by atoms with E-state index in [1.54, 1.807) is 7.11 Å². The minimum Gasteiger partial charge on any atom is -0.497 e. The van der Waals surface area contributed by atoms with Crippen LogP contribution in [0.1, 0.15) is 40.8 Å². The van der Waals surface area contributed by atoms with Gasteiger partial charge in [-0.3, -0.25) is 9.69 Å². The van der Waals surface area contributed by atoms with Crippen molar-refractivity contribution in [2.75, 3.05) is 26.7 Å². The second-order valence-corrected chi connectivity index (χ2v) is 10.1. The fraction of sp³-hybridized carbons (Fsp3) is 0.229. The van der Waals surface area contributed by atoms with Crippen molar-refractivity contribution in [2.24, 2.45) is 0 Å². The molecule has 0 unspecified atom stereocenters. The molecule has 0 saturated carbocycles. The van der Waals surface area contributed by atoms with E-state index in [1.165, 1.54) is 27.8 Å². The maximum Gasteiger partial charge on any atom is 0.237 e. The molecule has 0 spiro atoms. The largest absolute Gasteiger partial charge is 0.497 e. The summed E-state index contributed by atoms with van der Waals surface area (Å²) in [4.78, 5) is 18.0. The summed E-state index contributed by atoms with van der Waals surface area (Å²) in [6.07, 6.45) is 3.17. The second-order valence-electron chi connectivity index (χ2n) is 10.1. The Kier molecular flexibility index (Phi) is 8.55. The van der Waals surface area contributed by atoms with Gasteiger partial charge in [-0.15, -0.1) is 0 Å². The van der Waals surface area contributed by atoms with Crippen molar-refractivity contribution in [3.8, 4) is 5.75 Å². The summed E-state index contributed by atoms with van der Waals surface area (Å²) < 4.78 is 5.38. The van der Waals surface area contributed by atoms with Crippen LogP contribution in [-0.2, 0) is 17.8 Å². The first-order valence-corrected chi connectivity index (χ1v) is 13.7. The standard InChI is InChI=1S/C35H36N2O2/c1-27(28-17-19-33(39-2)20-18-28)36(26-35(38)37-23-21-29-11-9-10-16-32(29)25-37)24-22-34(30-12-5-3-6-13-30)31-14-7-4-8-15-31/h3-20,22,27H,21,23-26H2,1-2H3/t27-/m1/s1. The molecular formula is C35H36N2O2. The van der Waals surface area contributed by atoms with Crippen LogP contribution >= 0.6 is 0 Å². The number of ether oxygens (including phenoxy) is 1. The lowest BCUT2D eigenvalue weighted by molar-refractivity contribution is -0.133. The van der Waals surface area contributed by atoms with E-state index in [0.717, 1.165) is 24.3 Å². The van der Waals surface area contributed by atoms with Crippen LogP contribution in [0.25, 0.3) is 5.57 Å². The summed E-state index contributed by atoms with van der Waals surface area (Å²) in [6, 6.07) is 37.6. The third-order valence-electron chi connectivity index (χ3n) is 7.67. The van der Waals surface area contributed by atoms with Crippen LogP contribution in [0.5, 0.6) is 5.75 Å². The first-order valence-electron chi connectivity index (χ1n) is 13.7. The topological polar surface area (TPSA) is 32.8 Å². The van der Waals surface area contributed by atoms with E-state index in [-0.39, 0.29) is 11.9 Å². The van der Waals surface area contributed by atoms with Crippen LogP contribution in [0, 0.1) is 0 Å². The van der Waals surface area contributed by atoms with Crippen molar-refractivity contribution in [3.05, 3.63) is 143 Å². The number of hydrogen-bond donors (Lipinski definition) is 0. The van der Waals surface area contributed by atoms with Gasteiger partial charge in [-0.05, 0) is 58.9 Å². The van der Waals surface area contributed by atoms with Crippen molar-refractivity contribution in [1.82, 2.24) is 9.80 Å². The lowest BCUT2D eigenvalue weighted by Gasteiger charge is -2.33. The fourth-order valence-electron chi connectivity index (χ4n) is 5.28. The molecule has 0 aliphatic carbocycles. The zero-order valence-electron chi connectivity index (χ0n) is 22.8. The molecule has 4 aromatic carbocycles. The Balaban J connectivity index is 1.43. The summed E-state index contributed by atoms with van der Waals surface area (Å²) >= 11 is 0. The number of methoxy groups -OCH3 is 1. The molecule has 4 aromatic rings. The first kappa shape index (κ1) is 26.5. The van der Waals surface area contributed by atoms with Crippen LogP contribution in [0.15, 0.2) is 115 Å². The van der Waals surface area contributed by atoms with Crippen molar-refractivity contribution in [3.63, 3.8) is 0 Å². The van der Waals surface area contributed by atoms with E-state index in [4.69, 9.17) is 4.74 Å². The molecule has 1 heterocycles. The molecular weight excluding hydrogens is 480 g/mol. The van der Waals surface area contributed by atoms with Crippen LogP contribution in [-0.4, -0.2) is 42.5 Å². The highest BCUT2D eigenvalue weighted by Gasteiger charge is 2.25. The summed E-state index contributed by atoms with van der Waals surface area (Å²) in [5.74, 6) is 0.995. The Morgan fingerprint density at radius 1 is 0.846 bits per heavy atom. The fourth-order valence-corrected chi connectivity index (χ4v) is 5.28. The van der Waals surface area contributed by atoms with Gasteiger partial charge >= 0.3 is 0 Å².